The Hall–Kier alpha value is -0.0800. The predicted molar refractivity (Wildman–Crippen MR) is 62.9 cm³/mol. The number of rotatable bonds is 7. The normalized spacial score (nSPS) is 35.2. The molecule has 0 aliphatic heterocycles. The molecule has 15 heavy (non-hydrogen) atoms. The van der Waals surface area contributed by atoms with Crippen molar-refractivity contribution in [3.05, 3.63) is 0 Å². The van der Waals surface area contributed by atoms with Crippen LogP contribution in [0.4, 0.5) is 0 Å². The van der Waals surface area contributed by atoms with Gasteiger partial charge in [0.25, 0.3) is 0 Å². The Morgan fingerprint density at radius 2 is 2.00 bits per heavy atom. The first kappa shape index (κ1) is 11.4. The van der Waals surface area contributed by atoms with Crippen molar-refractivity contribution in [2.45, 2.75) is 45.6 Å². The highest BCUT2D eigenvalue weighted by Gasteiger charge is 2.55. The van der Waals surface area contributed by atoms with E-state index < -0.39 is 0 Å². The van der Waals surface area contributed by atoms with Gasteiger partial charge in [0.15, 0.2) is 0 Å². The van der Waals surface area contributed by atoms with Gasteiger partial charge in [0.1, 0.15) is 0 Å². The lowest BCUT2D eigenvalue weighted by Gasteiger charge is -2.19. The van der Waals surface area contributed by atoms with E-state index in [2.05, 4.69) is 19.2 Å². The fourth-order valence-corrected chi connectivity index (χ4v) is 3.40. The van der Waals surface area contributed by atoms with Crippen LogP contribution < -0.4 is 5.32 Å². The molecule has 0 aromatic rings. The molecule has 0 radical (unpaired) electrons. The van der Waals surface area contributed by atoms with E-state index in [9.17, 15) is 0 Å². The van der Waals surface area contributed by atoms with Gasteiger partial charge in [0.2, 0.25) is 0 Å². The monoisotopic (exact) mass is 211 g/mol. The molecule has 0 amide bonds. The SMILES string of the molecule is CCCOCC(NCC)C1C2CCCC21. The summed E-state index contributed by atoms with van der Waals surface area (Å²) >= 11 is 0. The van der Waals surface area contributed by atoms with Crippen LogP contribution >= 0.6 is 0 Å². The van der Waals surface area contributed by atoms with E-state index in [-0.39, 0.29) is 0 Å². The van der Waals surface area contributed by atoms with Gasteiger partial charge >= 0.3 is 0 Å². The van der Waals surface area contributed by atoms with E-state index in [0.29, 0.717) is 6.04 Å². The largest absolute Gasteiger partial charge is 0.380 e. The molecular weight excluding hydrogens is 186 g/mol. The molecule has 2 saturated carbocycles. The van der Waals surface area contributed by atoms with Gasteiger partial charge < -0.3 is 10.1 Å². The summed E-state index contributed by atoms with van der Waals surface area (Å²) in [7, 11) is 0. The summed E-state index contributed by atoms with van der Waals surface area (Å²) in [5, 5.41) is 3.61. The molecule has 2 nitrogen and oxygen atoms in total. The molecule has 2 aliphatic rings. The highest BCUT2D eigenvalue weighted by Crippen LogP contribution is 2.58. The van der Waals surface area contributed by atoms with Crippen LogP contribution in [0.2, 0.25) is 0 Å². The van der Waals surface area contributed by atoms with E-state index >= 15 is 0 Å². The minimum Gasteiger partial charge on any atom is -0.380 e. The fraction of sp³-hybridized carbons (Fsp3) is 1.00. The van der Waals surface area contributed by atoms with E-state index in [1.165, 1.54) is 19.3 Å². The summed E-state index contributed by atoms with van der Waals surface area (Å²) in [6.45, 7) is 7.30. The van der Waals surface area contributed by atoms with Crippen molar-refractivity contribution in [3.63, 3.8) is 0 Å². The molecule has 0 spiro atoms. The van der Waals surface area contributed by atoms with Crippen LogP contribution in [0.25, 0.3) is 0 Å². The molecule has 2 heteroatoms. The molecule has 2 fully saturated rings. The highest BCUT2D eigenvalue weighted by atomic mass is 16.5. The van der Waals surface area contributed by atoms with E-state index in [4.69, 9.17) is 4.74 Å². The van der Waals surface area contributed by atoms with Crippen molar-refractivity contribution in [3.8, 4) is 0 Å². The zero-order chi connectivity index (χ0) is 10.7. The zero-order valence-electron chi connectivity index (χ0n) is 10.2. The Balaban J connectivity index is 1.74. The van der Waals surface area contributed by atoms with E-state index in [1.54, 1.807) is 0 Å². The highest BCUT2D eigenvalue weighted by molar-refractivity contribution is 5.06. The van der Waals surface area contributed by atoms with Crippen molar-refractivity contribution >= 4 is 0 Å². The van der Waals surface area contributed by atoms with Crippen molar-refractivity contribution in [2.75, 3.05) is 19.8 Å². The summed E-state index contributed by atoms with van der Waals surface area (Å²) in [6, 6.07) is 0.636. The first-order valence-corrected chi connectivity index (χ1v) is 6.69. The molecule has 0 aromatic carbocycles. The second kappa shape index (κ2) is 5.31. The van der Waals surface area contributed by atoms with Gasteiger partial charge in [-0.3, -0.25) is 0 Å². The third kappa shape index (κ3) is 2.54. The molecule has 2 aliphatic carbocycles. The third-order valence-corrected chi connectivity index (χ3v) is 4.05. The van der Waals surface area contributed by atoms with Crippen molar-refractivity contribution in [1.29, 1.82) is 0 Å². The van der Waals surface area contributed by atoms with Gasteiger partial charge in [0, 0.05) is 12.6 Å². The van der Waals surface area contributed by atoms with Crippen molar-refractivity contribution in [1.82, 2.24) is 5.32 Å². The molecule has 0 bridgehead atoms. The molecule has 1 N–H and O–H groups in total. The van der Waals surface area contributed by atoms with Gasteiger partial charge in [-0.1, -0.05) is 20.3 Å². The summed E-state index contributed by atoms with van der Waals surface area (Å²) in [5.74, 6) is 3.02. The summed E-state index contributed by atoms with van der Waals surface area (Å²) in [4.78, 5) is 0. The molecule has 0 saturated heterocycles. The number of hydrogen-bond donors (Lipinski definition) is 1. The minimum atomic E-state index is 0.636. The molecule has 88 valence electrons. The van der Waals surface area contributed by atoms with Crippen LogP contribution in [0, 0.1) is 17.8 Å². The van der Waals surface area contributed by atoms with Crippen LogP contribution in [0.3, 0.4) is 0 Å². The maximum Gasteiger partial charge on any atom is 0.0622 e. The molecule has 0 heterocycles. The number of nitrogens with one attached hydrogen (secondary N) is 1. The maximum absolute atomic E-state index is 5.70. The topological polar surface area (TPSA) is 21.3 Å². The van der Waals surface area contributed by atoms with Gasteiger partial charge in [-0.15, -0.1) is 0 Å². The standard InChI is InChI=1S/C13H25NO/c1-3-8-15-9-12(14-4-2)13-10-6-5-7-11(10)13/h10-14H,3-9H2,1-2H3. The van der Waals surface area contributed by atoms with Crippen LogP contribution in [0.1, 0.15) is 39.5 Å². The maximum atomic E-state index is 5.70. The molecule has 0 aromatic heterocycles. The van der Waals surface area contributed by atoms with Crippen LogP contribution in [0.5, 0.6) is 0 Å². The predicted octanol–water partition coefficient (Wildman–Crippen LogP) is 2.44. The molecule has 3 atom stereocenters. The molecule has 3 unspecified atom stereocenters. The number of hydrogen-bond acceptors (Lipinski definition) is 2. The Bertz CT molecular complexity index is 185. The van der Waals surface area contributed by atoms with Crippen LogP contribution in [0.15, 0.2) is 0 Å². The summed E-state index contributed by atoms with van der Waals surface area (Å²) < 4.78 is 5.70. The summed E-state index contributed by atoms with van der Waals surface area (Å²) in [5.41, 5.74) is 0. The smallest absolute Gasteiger partial charge is 0.0622 e. The Morgan fingerprint density at radius 3 is 2.60 bits per heavy atom. The lowest BCUT2D eigenvalue weighted by Crippen LogP contribution is -2.36. The number of fused-ring (bicyclic) bond motifs is 1. The van der Waals surface area contributed by atoms with Gasteiger partial charge in [0.05, 0.1) is 6.61 Å². The number of ether oxygens (including phenoxy) is 1. The number of likely N-dealkylation sites (N-methyl/N-ethyl adjacent to an activating group) is 1. The Labute approximate surface area is 93.8 Å². The average molecular weight is 211 g/mol. The lowest BCUT2D eigenvalue weighted by molar-refractivity contribution is 0.102. The van der Waals surface area contributed by atoms with Gasteiger partial charge in [-0.25, -0.2) is 0 Å². The Morgan fingerprint density at radius 1 is 1.27 bits per heavy atom. The second-order valence-electron chi connectivity index (χ2n) is 5.08. The summed E-state index contributed by atoms with van der Waals surface area (Å²) in [6.07, 6.45) is 5.56. The van der Waals surface area contributed by atoms with Crippen molar-refractivity contribution in [2.24, 2.45) is 17.8 Å². The van der Waals surface area contributed by atoms with Gasteiger partial charge in [-0.2, -0.15) is 0 Å². The van der Waals surface area contributed by atoms with Crippen LogP contribution in [-0.4, -0.2) is 25.8 Å². The lowest BCUT2D eigenvalue weighted by atomic mass is 10.0. The van der Waals surface area contributed by atoms with E-state index in [1.807, 2.05) is 0 Å². The average Bonchev–Trinajstić information content (AvgIpc) is 2.71. The molecule has 2 rings (SSSR count). The fourth-order valence-electron chi connectivity index (χ4n) is 3.40. The third-order valence-electron chi connectivity index (χ3n) is 4.05. The van der Waals surface area contributed by atoms with Crippen LogP contribution in [-0.2, 0) is 4.74 Å². The van der Waals surface area contributed by atoms with Crippen molar-refractivity contribution < 1.29 is 4.74 Å². The first-order chi connectivity index (χ1) is 7.38. The minimum absolute atomic E-state index is 0.636. The first-order valence-electron chi connectivity index (χ1n) is 6.69. The zero-order valence-corrected chi connectivity index (χ0v) is 10.2. The Kier molecular flexibility index (Phi) is 4.04. The van der Waals surface area contributed by atoms with Gasteiger partial charge in [-0.05, 0) is 43.6 Å². The van der Waals surface area contributed by atoms with E-state index in [0.717, 1.165) is 43.9 Å². The quantitative estimate of drug-likeness (QED) is 0.653. The molecular formula is C13H25NO. The second-order valence-corrected chi connectivity index (χ2v) is 5.08.